The van der Waals surface area contributed by atoms with E-state index in [1.54, 1.807) is 22.8 Å². The second-order valence-corrected chi connectivity index (χ2v) is 9.98. The van der Waals surface area contributed by atoms with E-state index >= 15 is 0 Å². The number of hydrogen-bond acceptors (Lipinski definition) is 6. The molecular weight excluding hydrogens is 519 g/mol. The number of fused-ring (bicyclic) bond motifs is 1. The summed E-state index contributed by atoms with van der Waals surface area (Å²) in [5, 5.41) is 10.4. The smallest absolute Gasteiger partial charge is 0.314 e. The molecular formula is C29H26F3N7O. The number of rotatable bonds is 5. The monoisotopic (exact) mass is 545 g/mol. The van der Waals surface area contributed by atoms with E-state index < -0.39 is 17.6 Å². The van der Waals surface area contributed by atoms with Gasteiger partial charge in [-0.05, 0) is 60.7 Å². The average molecular weight is 546 g/mol. The fraction of sp³-hybridized carbons (Fsp3) is 0.310. The summed E-state index contributed by atoms with van der Waals surface area (Å²) in [6.07, 6.45) is 0.824. The molecule has 1 aliphatic carbocycles. The van der Waals surface area contributed by atoms with Gasteiger partial charge < -0.3 is 10.6 Å². The van der Waals surface area contributed by atoms with E-state index in [4.69, 9.17) is 0 Å². The molecule has 40 heavy (non-hydrogen) atoms. The Balaban J connectivity index is 1.19. The highest BCUT2D eigenvalue weighted by molar-refractivity contribution is 6.04. The van der Waals surface area contributed by atoms with Crippen LogP contribution >= 0.6 is 0 Å². The van der Waals surface area contributed by atoms with Crippen LogP contribution in [0.15, 0.2) is 54.9 Å². The van der Waals surface area contributed by atoms with Crippen LogP contribution in [0.25, 0.3) is 5.65 Å². The van der Waals surface area contributed by atoms with E-state index in [9.17, 15) is 18.0 Å². The van der Waals surface area contributed by atoms with E-state index in [1.807, 2.05) is 17.0 Å². The zero-order valence-corrected chi connectivity index (χ0v) is 21.5. The van der Waals surface area contributed by atoms with Crippen molar-refractivity contribution in [3.63, 3.8) is 0 Å². The number of carbonyl (C=O) groups excluding carboxylic acids is 1. The Labute approximate surface area is 228 Å². The molecule has 6 rings (SSSR count). The van der Waals surface area contributed by atoms with Crippen molar-refractivity contribution in [3.8, 4) is 11.8 Å². The second kappa shape index (κ2) is 10.7. The Morgan fingerprint density at radius 3 is 2.65 bits per heavy atom. The summed E-state index contributed by atoms with van der Waals surface area (Å²) in [6.45, 7) is 2.97. The zero-order chi connectivity index (χ0) is 27.7. The summed E-state index contributed by atoms with van der Waals surface area (Å²) in [7, 11) is 0. The molecule has 1 saturated carbocycles. The van der Waals surface area contributed by atoms with Crippen molar-refractivity contribution in [1.29, 1.82) is 0 Å². The minimum Gasteiger partial charge on any atom is -0.314 e. The average Bonchev–Trinajstić information content (AvgIpc) is 3.72. The molecule has 0 bridgehead atoms. The molecule has 2 N–H and O–H groups in total. The fourth-order valence-electron chi connectivity index (χ4n) is 4.70. The van der Waals surface area contributed by atoms with Crippen molar-refractivity contribution >= 4 is 17.4 Å². The predicted octanol–water partition coefficient (Wildman–Crippen LogP) is 4.08. The summed E-state index contributed by atoms with van der Waals surface area (Å²) in [6, 6.07) is 10.9. The first-order valence-corrected chi connectivity index (χ1v) is 13.1. The molecule has 0 atom stereocenters. The van der Waals surface area contributed by atoms with Gasteiger partial charge in [-0.2, -0.15) is 18.3 Å². The van der Waals surface area contributed by atoms with Crippen LogP contribution in [0.5, 0.6) is 0 Å². The largest absolute Gasteiger partial charge is 0.416 e. The topological polar surface area (TPSA) is 87.5 Å². The number of imidazole rings is 1. The summed E-state index contributed by atoms with van der Waals surface area (Å²) in [5.41, 5.74) is 2.16. The molecule has 0 spiro atoms. The van der Waals surface area contributed by atoms with Gasteiger partial charge in [0.1, 0.15) is 11.5 Å². The third-order valence-electron chi connectivity index (χ3n) is 7.00. The van der Waals surface area contributed by atoms with Gasteiger partial charge in [-0.1, -0.05) is 12.0 Å². The summed E-state index contributed by atoms with van der Waals surface area (Å²) in [4.78, 5) is 23.3. The Kier molecular flexibility index (Phi) is 6.96. The number of hydrogen-bond donors (Lipinski definition) is 2. The summed E-state index contributed by atoms with van der Waals surface area (Å²) < 4.78 is 43.4. The maximum absolute atomic E-state index is 13.9. The third-order valence-corrected chi connectivity index (χ3v) is 7.00. The molecule has 1 aliphatic heterocycles. The lowest BCUT2D eigenvalue weighted by Crippen LogP contribution is -2.43. The van der Waals surface area contributed by atoms with Gasteiger partial charge in [-0.15, -0.1) is 0 Å². The van der Waals surface area contributed by atoms with Crippen LogP contribution in [0.2, 0.25) is 0 Å². The Hall–Kier alpha value is -4.27. The Morgan fingerprint density at radius 2 is 1.88 bits per heavy atom. The molecule has 8 nitrogen and oxygen atoms in total. The summed E-state index contributed by atoms with van der Waals surface area (Å²) >= 11 is 0. The number of halogens is 3. The standard InChI is InChI=1S/C29H26F3N7O/c30-29(31,32)24-16-21(4-5-22(24)18-38-13-11-33-12-14-38)28(40)36-26-15-19(9-10-34-26)1-6-23-17-35-27-8-7-25(20-2-3-20)37-39(23)27/h4-5,7-10,15-17,20,33H,2-3,11-14,18H2,(H,34,36,40). The molecule has 4 heterocycles. The van der Waals surface area contributed by atoms with E-state index in [0.29, 0.717) is 35.9 Å². The van der Waals surface area contributed by atoms with Crippen molar-refractivity contribution < 1.29 is 18.0 Å². The lowest BCUT2D eigenvalue weighted by molar-refractivity contribution is -0.138. The number of alkyl halides is 3. The number of benzene rings is 1. The first-order valence-electron chi connectivity index (χ1n) is 13.1. The first-order chi connectivity index (χ1) is 19.3. The minimum absolute atomic E-state index is 0.0991. The van der Waals surface area contributed by atoms with Gasteiger partial charge in [-0.3, -0.25) is 9.69 Å². The minimum atomic E-state index is -4.58. The van der Waals surface area contributed by atoms with Gasteiger partial charge in [0.15, 0.2) is 5.65 Å². The Bertz CT molecular complexity index is 1630. The molecule has 1 aromatic carbocycles. The first kappa shape index (κ1) is 26.0. The van der Waals surface area contributed by atoms with Crippen LogP contribution < -0.4 is 10.6 Å². The molecule has 3 aromatic heterocycles. The van der Waals surface area contributed by atoms with Gasteiger partial charge in [0, 0.05) is 56.0 Å². The normalized spacial score (nSPS) is 16.0. The SMILES string of the molecule is O=C(Nc1cc(C#Cc2cnc3ccc(C4CC4)nn23)ccn1)c1ccc(CN2CCNCC2)c(C(F)(F)F)c1. The summed E-state index contributed by atoms with van der Waals surface area (Å²) in [5.74, 6) is 6.09. The molecule has 204 valence electrons. The van der Waals surface area contributed by atoms with Gasteiger partial charge in [0.05, 0.1) is 17.5 Å². The highest BCUT2D eigenvalue weighted by Crippen LogP contribution is 2.38. The van der Waals surface area contributed by atoms with Gasteiger partial charge >= 0.3 is 6.18 Å². The van der Waals surface area contributed by atoms with Crippen LogP contribution in [0, 0.1) is 11.8 Å². The number of carbonyl (C=O) groups is 1. The van der Waals surface area contributed by atoms with E-state index in [-0.39, 0.29) is 23.5 Å². The Morgan fingerprint density at radius 1 is 1.05 bits per heavy atom. The lowest BCUT2D eigenvalue weighted by Gasteiger charge is -2.28. The number of anilines is 1. The number of piperazine rings is 1. The number of nitrogens with zero attached hydrogens (tertiary/aromatic N) is 5. The highest BCUT2D eigenvalue weighted by atomic mass is 19.4. The van der Waals surface area contributed by atoms with E-state index in [1.165, 1.54) is 18.3 Å². The molecule has 1 amide bonds. The third kappa shape index (κ3) is 5.83. The molecule has 2 aliphatic rings. The molecule has 2 fully saturated rings. The van der Waals surface area contributed by atoms with Crippen LogP contribution in [0.1, 0.15) is 57.2 Å². The van der Waals surface area contributed by atoms with Crippen LogP contribution in [-0.4, -0.2) is 56.6 Å². The highest BCUT2D eigenvalue weighted by Gasteiger charge is 2.34. The van der Waals surface area contributed by atoms with E-state index in [2.05, 4.69) is 37.5 Å². The maximum Gasteiger partial charge on any atom is 0.416 e. The van der Waals surface area contributed by atoms with Crippen molar-refractivity contribution in [1.82, 2.24) is 29.8 Å². The van der Waals surface area contributed by atoms with E-state index in [0.717, 1.165) is 37.7 Å². The second-order valence-electron chi connectivity index (χ2n) is 9.98. The van der Waals surface area contributed by atoms with Gasteiger partial charge in [0.25, 0.3) is 5.91 Å². The number of amides is 1. The molecule has 1 saturated heterocycles. The molecule has 4 aromatic rings. The zero-order valence-electron chi connectivity index (χ0n) is 21.5. The molecule has 11 heteroatoms. The van der Waals surface area contributed by atoms with Crippen molar-refractivity contribution in [3.05, 3.63) is 88.5 Å². The van der Waals surface area contributed by atoms with Crippen LogP contribution in [0.4, 0.5) is 19.0 Å². The predicted molar refractivity (Wildman–Crippen MR) is 143 cm³/mol. The van der Waals surface area contributed by atoms with Crippen molar-refractivity contribution in [2.45, 2.75) is 31.5 Å². The maximum atomic E-state index is 13.9. The van der Waals surface area contributed by atoms with Crippen molar-refractivity contribution in [2.24, 2.45) is 0 Å². The van der Waals surface area contributed by atoms with Gasteiger partial charge in [0.2, 0.25) is 0 Å². The number of nitrogens with one attached hydrogen (secondary N) is 2. The quantitative estimate of drug-likeness (QED) is 0.368. The number of aromatic nitrogens is 4. The molecule has 0 unspecified atom stereocenters. The van der Waals surface area contributed by atoms with Gasteiger partial charge in [-0.25, -0.2) is 14.5 Å². The van der Waals surface area contributed by atoms with Crippen molar-refractivity contribution in [2.75, 3.05) is 31.5 Å². The lowest BCUT2D eigenvalue weighted by atomic mass is 10.0. The fourth-order valence-corrected chi connectivity index (χ4v) is 4.70. The van der Waals surface area contributed by atoms with Crippen LogP contribution in [0.3, 0.4) is 0 Å². The van der Waals surface area contributed by atoms with Crippen LogP contribution in [-0.2, 0) is 12.7 Å². The number of pyridine rings is 1. The molecule has 0 radical (unpaired) electrons.